The maximum atomic E-state index is 5.83. The second-order valence-electron chi connectivity index (χ2n) is 6.21. The van der Waals surface area contributed by atoms with E-state index in [9.17, 15) is 0 Å². The molecule has 1 aromatic carbocycles. The van der Waals surface area contributed by atoms with E-state index in [2.05, 4.69) is 44.3 Å². The summed E-state index contributed by atoms with van der Waals surface area (Å²) in [6, 6.07) is 8.68. The van der Waals surface area contributed by atoms with Gasteiger partial charge >= 0.3 is 0 Å². The van der Waals surface area contributed by atoms with Crippen LogP contribution in [0.1, 0.15) is 51.6 Å². The molecule has 2 atom stereocenters. The van der Waals surface area contributed by atoms with Gasteiger partial charge in [0.2, 0.25) is 0 Å². The van der Waals surface area contributed by atoms with Gasteiger partial charge in [-0.25, -0.2) is 0 Å². The third-order valence-electron chi connectivity index (χ3n) is 3.89. The average Bonchev–Trinajstić information content (AvgIpc) is 3.27. The van der Waals surface area contributed by atoms with Gasteiger partial charge in [-0.2, -0.15) is 0 Å². The van der Waals surface area contributed by atoms with Crippen molar-refractivity contribution < 1.29 is 9.47 Å². The smallest absolute Gasteiger partial charge is 0.120 e. The van der Waals surface area contributed by atoms with Crippen LogP contribution in [0, 0.1) is 5.92 Å². The van der Waals surface area contributed by atoms with Gasteiger partial charge in [0.05, 0.1) is 18.2 Å². The van der Waals surface area contributed by atoms with Crippen molar-refractivity contribution in [1.29, 1.82) is 0 Å². The molecule has 1 aliphatic carbocycles. The fraction of sp³-hybridized carbons (Fsp3) is 0.667. The van der Waals surface area contributed by atoms with Crippen LogP contribution in [-0.4, -0.2) is 25.9 Å². The summed E-state index contributed by atoms with van der Waals surface area (Å²) in [5, 5.41) is 3.66. The molecule has 2 unspecified atom stereocenters. The number of methoxy groups -OCH3 is 1. The van der Waals surface area contributed by atoms with Crippen LogP contribution in [0.4, 0.5) is 0 Å². The molecule has 0 aromatic heterocycles. The van der Waals surface area contributed by atoms with E-state index < -0.39 is 0 Å². The normalized spacial score (nSPS) is 17.8. The minimum atomic E-state index is 0.198. The average molecular weight is 291 g/mol. The lowest BCUT2D eigenvalue weighted by Crippen LogP contribution is -2.35. The zero-order chi connectivity index (χ0) is 15.2. The Balaban J connectivity index is 2.18. The Hall–Kier alpha value is -1.06. The summed E-state index contributed by atoms with van der Waals surface area (Å²) in [7, 11) is 1.83. The molecular weight excluding hydrogens is 262 g/mol. The van der Waals surface area contributed by atoms with Crippen molar-refractivity contribution in [1.82, 2.24) is 5.32 Å². The predicted octanol–water partition coefficient (Wildman–Crippen LogP) is 3.94. The van der Waals surface area contributed by atoms with Crippen molar-refractivity contribution in [3.63, 3.8) is 0 Å². The first-order valence-electron chi connectivity index (χ1n) is 8.18. The molecular formula is C18H29NO2. The summed E-state index contributed by atoms with van der Waals surface area (Å²) < 4.78 is 11.6. The summed E-state index contributed by atoms with van der Waals surface area (Å²) in [4.78, 5) is 0. The zero-order valence-corrected chi connectivity index (χ0v) is 13.8. The van der Waals surface area contributed by atoms with Crippen LogP contribution in [0.3, 0.4) is 0 Å². The third kappa shape index (κ3) is 4.72. The molecule has 0 aliphatic heterocycles. The van der Waals surface area contributed by atoms with Gasteiger partial charge in [-0.3, -0.25) is 0 Å². The molecule has 2 rings (SSSR count). The predicted molar refractivity (Wildman–Crippen MR) is 86.8 cm³/mol. The zero-order valence-electron chi connectivity index (χ0n) is 13.8. The minimum absolute atomic E-state index is 0.198. The highest BCUT2D eigenvalue weighted by Gasteiger charge is 2.37. The number of hydrogen-bond donors (Lipinski definition) is 1. The van der Waals surface area contributed by atoms with Crippen LogP contribution >= 0.6 is 0 Å². The lowest BCUT2D eigenvalue weighted by Gasteiger charge is -2.28. The molecule has 0 spiro atoms. The van der Waals surface area contributed by atoms with Gasteiger partial charge in [0.25, 0.3) is 0 Å². The Bertz CT molecular complexity index is 429. The molecule has 0 bridgehead atoms. The third-order valence-corrected chi connectivity index (χ3v) is 3.89. The van der Waals surface area contributed by atoms with E-state index in [1.165, 1.54) is 18.4 Å². The van der Waals surface area contributed by atoms with Gasteiger partial charge in [0.1, 0.15) is 5.75 Å². The highest BCUT2D eigenvalue weighted by Crippen LogP contribution is 2.40. The first kappa shape index (κ1) is 16.3. The SMILES string of the molecule is CCCNC(c1cccc(OC(C)C)c1)C(OC)C1CC1. The van der Waals surface area contributed by atoms with E-state index in [-0.39, 0.29) is 18.2 Å². The van der Waals surface area contributed by atoms with Crippen molar-refractivity contribution in [2.75, 3.05) is 13.7 Å². The van der Waals surface area contributed by atoms with E-state index in [0.717, 1.165) is 18.7 Å². The molecule has 118 valence electrons. The van der Waals surface area contributed by atoms with Crippen LogP contribution in [0.2, 0.25) is 0 Å². The molecule has 0 amide bonds. The van der Waals surface area contributed by atoms with E-state index in [4.69, 9.17) is 9.47 Å². The standard InChI is InChI=1S/C18H29NO2/c1-5-11-19-17(18(20-4)14-9-10-14)15-7-6-8-16(12-15)21-13(2)3/h6-8,12-14,17-19H,5,9-11H2,1-4H3. The van der Waals surface area contributed by atoms with E-state index in [1.807, 2.05) is 13.2 Å². The summed E-state index contributed by atoms with van der Waals surface area (Å²) in [5.74, 6) is 1.63. The Morgan fingerprint density at radius 2 is 2.05 bits per heavy atom. The number of hydrogen-bond acceptors (Lipinski definition) is 3. The van der Waals surface area contributed by atoms with Gasteiger partial charge in [0.15, 0.2) is 0 Å². The maximum absolute atomic E-state index is 5.83. The Labute approximate surface area is 129 Å². The van der Waals surface area contributed by atoms with Gasteiger partial charge in [-0.05, 0) is 63.3 Å². The van der Waals surface area contributed by atoms with E-state index >= 15 is 0 Å². The van der Waals surface area contributed by atoms with Crippen molar-refractivity contribution in [2.24, 2.45) is 5.92 Å². The molecule has 21 heavy (non-hydrogen) atoms. The Kier molecular flexibility index (Phi) is 6.07. The molecule has 1 aromatic rings. The highest BCUT2D eigenvalue weighted by atomic mass is 16.5. The first-order chi connectivity index (χ1) is 10.2. The van der Waals surface area contributed by atoms with Gasteiger partial charge in [-0.1, -0.05) is 19.1 Å². The lowest BCUT2D eigenvalue weighted by molar-refractivity contribution is 0.0506. The van der Waals surface area contributed by atoms with Crippen molar-refractivity contribution in [2.45, 2.75) is 58.3 Å². The molecule has 0 saturated heterocycles. The van der Waals surface area contributed by atoms with Crippen molar-refractivity contribution >= 4 is 0 Å². The van der Waals surface area contributed by atoms with E-state index in [1.54, 1.807) is 0 Å². The Morgan fingerprint density at radius 3 is 2.62 bits per heavy atom. The quantitative estimate of drug-likeness (QED) is 0.747. The number of benzene rings is 1. The summed E-state index contributed by atoms with van der Waals surface area (Å²) in [6.07, 6.45) is 4.14. The van der Waals surface area contributed by atoms with Crippen LogP contribution < -0.4 is 10.1 Å². The second kappa shape index (κ2) is 7.81. The summed E-state index contributed by atoms with van der Waals surface area (Å²) in [6.45, 7) is 7.32. The van der Waals surface area contributed by atoms with Crippen molar-refractivity contribution in [3.05, 3.63) is 29.8 Å². The topological polar surface area (TPSA) is 30.5 Å². The van der Waals surface area contributed by atoms with Crippen LogP contribution in [-0.2, 0) is 4.74 Å². The number of ether oxygens (including phenoxy) is 2. The van der Waals surface area contributed by atoms with Crippen LogP contribution in [0.5, 0.6) is 5.75 Å². The highest BCUT2D eigenvalue weighted by molar-refractivity contribution is 5.31. The molecule has 3 nitrogen and oxygen atoms in total. The molecule has 1 aliphatic rings. The lowest BCUT2D eigenvalue weighted by atomic mass is 9.97. The molecule has 0 radical (unpaired) electrons. The van der Waals surface area contributed by atoms with Crippen LogP contribution in [0.25, 0.3) is 0 Å². The van der Waals surface area contributed by atoms with Gasteiger partial charge in [0, 0.05) is 7.11 Å². The fourth-order valence-corrected chi connectivity index (χ4v) is 2.80. The second-order valence-corrected chi connectivity index (χ2v) is 6.21. The van der Waals surface area contributed by atoms with Crippen LogP contribution in [0.15, 0.2) is 24.3 Å². The molecule has 0 heterocycles. The van der Waals surface area contributed by atoms with Gasteiger partial charge in [-0.15, -0.1) is 0 Å². The number of rotatable bonds is 9. The van der Waals surface area contributed by atoms with Gasteiger partial charge < -0.3 is 14.8 Å². The van der Waals surface area contributed by atoms with E-state index in [0.29, 0.717) is 5.92 Å². The summed E-state index contributed by atoms with van der Waals surface area (Å²) >= 11 is 0. The molecule has 1 saturated carbocycles. The maximum Gasteiger partial charge on any atom is 0.120 e. The molecule has 1 fully saturated rings. The summed E-state index contributed by atoms with van der Waals surface area (Å²) in [5.41, 5.74) is 1.26. The first-order valence-corrected chi connectivity index (χ1v) is 8.18. The monoisotopic (exact) mass is 291 g/mol. The largest absolute Gasteiger partial charge is 0.491 e. The minimum Gasteiger partial charge on any atom is -0.491 e. The molecule has 1 N–H and O–H groups in total. The van der Waals surface area contributed by atoms with Crippen molar-refractivity contribution in [3.8, 4) is 5.75 Å². The molecule has 3 heteroatoms. The fourth-order valence-electron chi connectivity index (χ4n) is 2.80. The Morgan fingerprint density at radius 1 is 1.29 bits per heavy atom. The number of nitrogens with one attached hydrogen (secondary N) is 1.